The third-order valence-electron chi connectivity index (χ3n) is 3.10. The minimum atomic E-state index is 0.470. The van der Waals surface area contributed by atoms with E-state index in [9.17, 15) is 0 Å². The van der Waals surface area contributed by atoms with Crippen LogP contribution in [0.1, 0.15) is 31.0 Å². The average Bonchev–Trinajstić information content (AvgIpc) is 2.44. The summed E-state index contributed by atoms with van der Waals surface area (Å²) in [7, 11) is 0. The molecule has 0 radical (unpaired) electrons. The Morgan fingerprint density at radius 1 is 1.10 bits per heavy atom. The molecule has 0 spiro atoms. The number of aryl methyl sites for hydroxylation is 1. The average molecular weight is 270 g/mol. The van der Waals surface area contributed by atoms with Crippen molar-refractivity contribution in [3.63, 3.8) is 0 Å². The lowest BCUT2D eigenvalue weighted by Crippen LogP contribution is -2.13. The van der Waals surface area contributed by atoms with Crippen LogP contribution >= 0.6 is 0 Å². The number of ether oxygens (including phenoxy) is 1. The molecule has 106 valence electrons. The van der Waals surface area contributed by atoms with Gasteiger partial charge in [0, 0.05) is 5.69 Å². The molecule has 1 N–H and O–H groups in total. The van der Waals surface area contributed by atoms with Crippen LogP contribution in [-0.2, 0) is 0 Å². The van der Waals surface area contributed by atoms with Gasteiger partial charge in [0.1, 0.15) is 18.2 Å². The molecule has 2 rings (SSSR count). The lowest BCUT2D eigenvalue weighted by molar-refractivity contribution is 0.328. The van der Waals surface area contributed by atoms with Crippen molar-refractivity contribution in [2.75, 3.05) is 18.5 Å². The Labute approximate surface area is 121 Å². The van der Waals surface area contributed by atoms with Crippen LogP contribution < -0.4 is 10.1 Å². The van der Waals surface area contributed by atoms with Gasteiger partial charge in [-0.2, -0.15) is 0 Å². The van der Waals surface area contributed by atoms with E-state index in [0.29, 0.717) is 12.5 Å². The number of benzene rings is 1. The van der Waals surface area contributed by atoms with Crippen LogP contribution in [0.15, 0.2) is 42.5 Å². The maximum Gasteiger partial charge on any atom is 0.126 e. The number of anilines is 1. The first-order valence-electron chi connectivity index (χ1n) is 7.06. The summed E-state index contributed by atoms with van der Waals surface area (Å²) in [6.07, 6.45) is 0. The molecule has 3 nitrogen and oxygen atoms in total. The second-order valence-electron chi connectivity index (χ2n) is 5.13. The molecule has 0 bridgehead atoms. The maximum atomic E-state index is 5.86. The van der Waals surface area contributed by atoms with Crippen molar-refractivity contribution in [3.8, 4) is 5.75 Å². The van der Waals surface area contributed by atoms with Crippen LogP contribution in [0.2, 0.25) is 0 Å². The molecule has 1 aromatic carbocycles. The fraction of sp³-hybridized carbons (Fsp3) is 0.353. The molecule has 2 aromatic rings. The molecule has 1 aromatic heterocycles. The first kappa shape index (κ1) is 14.4. The Bertz CT molecular complexity index is 552. The highest BCUT2D eigenvalue weighted by Gasteiger charge is 2.06. The molecule has 0 aliphatic rings. The minimum absolute atomic E-state index is 0.470. The van der Waals surface area contributed by atoms with Crippen molar-refractivity contribution in [1.29, 1.82) is 0 Å². The standard InChI is InChI=1S/C17H22N2O/c1-13(2)15-8-4-5-9-16(15)20-12-11-18-17-10-6-7-14(3)19-17/h4-10,13H,11-12H2,1-3H3,(H,18,19). The lowest BCUT2D eigenvalue weighted by Gasteiger charge is -2.14. The third-order valence-corrected chi connectivity index (χ3v) is 3.10. The molecular weight excluding hydrogens is 248 g/mol. The predicted octanol–water partition coefficient (Wildman–Crippen LogP) is 4.00. The molecule has 0 aliphatic carbocycles. The molecule has 0 saturated carbocycles. The number of nitrogens with one attached hydrogen (secondary N) is 1. The zero-order valence-electron chi connectivity index (χ0n) is 12.4. The zero-order chi connectivity index (χ0) is 14.4. The highest BCUT2D eigenvalue weighted by molar-refractivity contribution is 5.36. The van der Waals surface area contributed by atoms with Crippen molar-refractivity contribution >= 4 is 5.82 Å². The van der Waals surface area contributed by atoms with Crippen LogP contribution in [0.25, 0.3) is 0 Å². The summed E-state index contributed by atoms with van der Waals surface area (Å²) in [4.78, 5) is 4.40. The first-order chi connectivity index (χ1) is 9.66. The van der Waals surface area contributed by atoms with Crippen LogP contribution in [0, 0.1) is 6.92 Å². The van der Waals surface area contributed by atoms with Gasteiger partial charge in [0.15, 0.2) is 0 Å². The van der Waals surface area contributed by atoms with E-state index in [2.05, 4.69) is 36.3 Å². The van der Waals surface area contributed by atoms with Crippen molar-refractivity contribution in [3.05, 3.63) is 53.7 Å². The smallest absolute Gasteiger partial charge is 0.126 e. The molecule has 0 unspecified atom stereocenters. The number of rotatable bonds is 6. The van der Waals surface area contributed by atoms with Crippen LogP contribution in [0.4, 0.5) is 5.82 Å². The summed E-state index contributed by atoms with van der Waals surface area (Å²) in [5.41, 5.74) is 2.27. The summed E-state index contributed by atoms with van der Waals surface area (Å²) in [6.45, 7) is 7.71. The van der Waals surface area contributed by atoms with E-state index in [4.69, 9.17) is 4.74 Å². The highest BCUT2D eigenvalue weighted by atomic mass is 16.5. The predicted molar refractivity (Wildman–Crippen MR) is 83.5 cm³/mol. The summed E-state index contributed by atoms with van der Waals surface area (Å²) in [5.74, 6) is 2.34. The fourth-order valence-electron chi connectivity index (χ4n) is 2.07. The third kappa shape index (κ3) is 3.98. The molecule has 20 heavy (non-hydrogen) atoms. The van der Waals surface area contributed by atoms with Gasteiger partial charge in [-0.1, -0.05) is 38.1 Å². The zero-order valence-corrected chi connectivity index (χ0v) is 12.4. The maximum absolute atomic E-state index is 5.86. The Kier molecular flexibility index (Phi) is 4.99. The van der Waals surface area contributed by atoms with Crippen LogP contribution in [-0.4, -0.2) is 18.1 Å². The Morgan fingerprint density at radius 2 is 1.90 bits per heavy atom. The van der Waals surface area contributed by atoms with Gasteiger partial charge in [-0.25, -0.2) is 4.98 Å². The number of aromatic nitrogens is 1. The van der Waals surface area contributed by atoms with Crippen molar-refractivity contribution in [2.24, 2.45) is 0 Å². The Hall–Kier alpha value is -2.03. The topological polar surface area (TPSA) is 34.1 Å². The molecule has 1 heterocycles. The Balaban J connectivity index is 1.84. The highest BCUT2D eigenvalue weighted by Crippen LogP contribution is 2.25. The number of para-hydroxylation sites is 1. The van der Waals surface area contributed by atoms with Crippen molar-refractivity contribution in [2.45, 2.75) is 26.7 Å². The van der Waals surface area contributed by atoms with Gasteiger partial charge in [-0.15, -0.1) is 0 Å². The van der Waals surface area contributed by atoms with Gasteiger partial charge in [-0.3, -0.25) is 0 Å². The second kappa shape index (κ2) is 6.94. The van der Waals surface area contributed by atoms with E-state index in [1.54, 1.807) is 0 Å². The number of nitrogens with zero attached hydrogens (tertiary/aromatic N) is 1. The SMILES string of the molecule is Cc1cccc(NCCOc2ccccc2C(C)C)n1. The second-order valence-corrected chi connectivity index (χ2v) is 5.13. The summed E-state index contributed by atoms with van der Waals surface area (Å²) in [6, 6.07) is 14.2. The van der Waals surface area contributed by atoms with Gasteiger partial charge in [0.05, 0.1) is 6.54 Å². The van der Waals surface area contributed by atoms with Gasteiger partial charge >= 0.3 is 0 Å². The number of hydrogen-bond donors (Lipinski definition) is 1. The molecular formula is C17H22N2O. The Morgan fingerprint density at radius 3 is 2.65 bits per heavy atom. The summed E-state index contributed by atoms with van der Waals surface area (Å²) >= 11 is 0. The summed E-state index contributed by atoms with van der Waals surface area (Å²) < 4.78 is 5.86. The van der Waals surface area contributed by atoms with Crippen molar-refractivity contribution < 1.29 is 4.74 Å². The largest absolute Gasteiger partial charge is 0.491 e. The molecule has 3 heteroatoms. The molecule has 0 atom stereocenters. The molecule has 0 aliphatic heterocycles. The first-order valence-corrected chi connectivity index (χ1v) is 7.06. The number of hydrogen-bond acceptors (Lipinski definition) is 3. The monoisotopic (exact) mass is 270 g/mol. The normalized spacial score (nSPS) is 10.6. The van der Waals surface area contributed by atoms with Crippen LogP contribution in [0.5, 0.6) is 5.75 Å². The number of pyridine rings is 1. The lowest BCUT2D eigenvalue weighted by atomic mass is 10.0. The van der Waals surface area contributed by atoms with E-state index in [0.717, 1.165) is 23.8 Å². The van der Waals surface area contributed by atoms with Crippen LogP contribution in [0.3, 0.4) is 0 Å². The molecule has 0 amide bonds. The fourth-order valence-corrected chi connectivity index (χ4v) is 2.07. The van der Waals surface area contributed by atoms with E-state index in [-0.39, 0.29) is 0 Å². The summed E-state index contributed by atoms with van der Waals surface area (Å²) in [5, 5.41) is 3.27. The van der Waals surface area contributed by atoms with E-state index < -0.39 is 0 Å². The van der Waals surface area contributed by atoms with Crippen molar-refractivity contribution in [1.82, 2.24) is 4.98 Å². The quantitative estimate of drug-likeness (QED) is 0.805. The molecule has 0 fully saturated rings. The molecule has 0 saturated heterocycles. The van der Waals surface area contributed by atoms with E-state index in [1.165, 1.54) is 5.56 Å². The van der Waals surface area contributed by atoms with Gasteiger partial charge in [0.2, 0.25) is 0 Å². The van der Waals surface area contributed by atoms with E-state index in [1.807, 2.05) is 37.3 Å². The van der Waals surface area contributed by atoms with Gasteiger partial charge in [-0.05, 0) is 36.6 Å². The van der Waals surface area contributed by atoms with Gasteiger partial charge < -0.3 is 10.1 Å². The van der Waals surface area contributed by atoms with E-state index >= 15 is 0 Å². The van der Waals surface area contributed by atoms with Gasteiger partial charge in [0.25, 0.3) is 0 Å². The minimum Gasteiger partial charge on any atom is -0.491 e.